The Morgan fingerprint density at radius 2 is 1.56 bits per heavy atom. The lowest BCUT2D eigenvalue weighted by Gasteiger charge is -2.27. The maximum atomic E-state index is 13.9. The van der Waals surface area contributed by atoms with Gasteiger partial charge in [-0.1, -0.05) is 45.0 Å². The average Bonchev–Trinajstić information content (AvgIpc) is 3.10. The van der Waals surface area contributed by atoms with Gasteiger partial charge in [-0.2, -0.15) is 0 Å². The molecule has 5 nitrogen and oxygen atoms in total. The van der Waals surface area contributed by atoms with Crippen molar-refractivity contribution in [1.29, 1.82) is 0 Å². The maximum absolute atomic E-state index is 13.9. The molecule has 36 heavy (non-hydrogen) atoms. The number of aliphatic hydroxyl groups is 1. The van der Waals surface area contributed by atoms with E-state index in [1.165, 1.54) is 23.1 Å². The number of benzene rings is 3. The van der Waals surface area contributed by atoms with Crippen molar-refractivity contribution in [2.24, 2.45) is 0 Å². The van der Waals surface area contributed by atoms with Crippen LogP contribution < -0.4 is 9.80 Å². The van der Waals surface area contributed by atoms with Crippen molar-refractivity contribution in [3.8, 4) is 0 Å². The van der Waals surface area contributed by atoms with Crippen LogP contribution in [0.4, 0.5) is 15.8 Å². The summed E-state index contributed by atoms with van der Waals surface area (Å²) in [5.41, 5.74) is 3.81. The summed E-state index contributed by atoms with van der Waals surface area (Å²) in [4.78, 5) is 30.1. The van der Waals surface area contributed by atoms with Crippen LogP contribution in [0.2, 0.25) is 0 Å². The Morgan fingerprint density at radius 3 is 2.08 bits per heavy atom. The quantitative estimate of drug-likeness (QED) is 0.274. The van der Waals surface area contributed by atoms with Crippen molar-refractivity contribution >= 4 is 28.8 Å². The lowest BCUT2D eigenvalue weighted by atomic mass is 9.85. The zero-order valence-electron chi connectivity index (χ0n) is 21.5. The molecular weight excluding hydrogens is 455 g/mol. The second-order valence-corrected chi connectivity index (χ2v) is 10.4. The summed E-state index contributed by atoms with van der Waals surface area (Å²) in [5, 5.41) is 11.3. The lowest BCUT2D eigenvalue weighted by molar-refractivity contribution is -0.132. The highest BCUT2D eigenvalue weighted by molar-refractivity contribution is 6.51. The van der Waals surface area contributed by atoms with Crippen molar-refractivity contribution in [2.75, 3.05) is 23.9 Å². The van der Waals surface area contributed by atoms with Crippen molar-refractivity contribution in [1.82, 2.24) is 0 Å². The van der Waals surface area contributed by atoms with Crippen LogP contribution in [-0.2, 0) is 15.0 Å². The number of aryl methyl sites for hydroxylation is 1. The second-order valence-electron chi connectivity index (χ2n) is 10.4. The van der Waals surface area contributed by atoms with Crippen LogP contribution in [-0.4, -0.2) is 30.9 Å². The van der Waals surface area contributed by atoms with E-state index in [0.717, 1.165) is 11.3 Å². The van der Waals surface area contributed by atoms with E-state index < -0.39 is 23.5 Å². The van der Waals surface area contributed by atoms with Crippen LogP contribution in [0, 0.1) is 12.7 Å². The zero-order chi connectivity index (χ0) is 26.4. The van der Waals surface area contributed by atoms with E-state index >= 15 is 0 Å². The Balaban J connectivity index is 1.91. The molecule has 3 aromatic carbocycles. The minimum absolute atomic E-state index is 0.0220. The van der Waals surface area contributed by atoms with Crippen molar-refractivity contribution in [3.05, 3.63) is 100 Å². The topological polar surface area (TPSA) is 60.9 Å². The monoisotopic (exact) mass is 486 g/mol. The van der Waals surface area contributed by atoms with E-state index in [-0.39, 0.29) is 22.3 Å². The molecule has 3 aromatic rings. The summed E-state index contributed by atoms with van der Waals surface area (Å²) < 4.78 is 13.9. The summed E-state index contributed by atoms with van der Waals surface area (Å²) >= 11 is 0. The molecule has 6 heteroatoms. The summed E-state index contributed by atoms with van der Waals surface area (Å²) in [5.74, 6) is -2.25. The van der Waals surface area contributed by atoms with Gasteiger partial charge in [0.2, 0.25) is 0 Å². The molecule has 1 N–H and O–H groups in total. The average molecular weight is 487 g/mol. The third kappa shape index (κ3) is 4.51. The number of hydrogen-bond donors (Lipinski definition) is 1. The van der Waals surface area contributed by atoms with E-state index in [0.29, 0.717) is 16.8 Å². The predicted molar refractivity (Wildman–Crippen MR) is 142 cm³/mol. The Hall–Kier alpha value is -3.93. The number of carbonyl (C=O) groups excluding carboxylic acids is 2. The third-order valence-corrected chi connectivity index (χ3v) is 6.61. The van der Waals surface area contributed by atoms with E-state index in [2.05, 4.69) is 20.8 Å². The van der Waals surface area contributed by atoms with Crippen LogP contribution >= 0.6 is 0 Å². The molecule has 4 rings (SSSR count). The van der Waals surface area contributed by atoms with Gasteiger partial charge >= 0.3 is 0 Å². The van der Waals surface area contributed by atoms with Crippen LogP contribution in [0.3, 0.4) is 0 Å². The molecule has 0 bridgehead atoms. The molecule has 0 aliphatic carbocycles. The highest BCUT2D eigenvalue weighted by Gasteiger charge is 2.47. The Labute approximate surface area is 211 Å². The Kier molecular flexibility index (Phi) is 6.48. The number of ketones is 1. The first kappa shape index (κ1) is 25.2. The molecular formula is C30H31FN2O3. The van der Waals surface area contributed by atoms with Crippen LogP contribution in [0.1, 0.15) is 49.1 Å². The standard InChI is InChI=1S/C30H31FN2O3/c1-18-17-20(9-16-24(18)31)27(34)25-26(19-7-10-21(11-8-19)30(2,3)4)33(29(36)28(25)35)23-14-12-22(13-15-23)32(5)6/h7-17,26,34H,1-6H3/b27-25-. The smallest absolute Gasteiger partial charge is 0.300 e. The normalized spacial score (nSPS) is 17.5. The van der Waals surface area contributed by atoms with Crippen molar-refractivity contribution in [2.45, 2.75) is 39.2 Å². The Morgan fingerprint density at radius 1 is 0.944 bits per heavy atom. The minimum atomic E-state index is -0.838. The van der Waals surface area contributed by atoms with E-state index in [9.17, 15) is 19.1 Å². The summed E-state index contributed by atoms with van der Waals surface area (Å²) in [6.45, 7) is 7.91. The van der Waals surface area contributed by atoms with Crippen LogP contribution in [0.5, 0.6) is 0 Å². The molecule has 1 fully saturated rings. The number of amides is 1. The van der Waals surface area contributed by atoms with Gasteiger partial charge in [0.15, 0.2) is 0 Å². The molecule has 0 aromatic heterocycles. The molecule has 1 heterocycles. The van der Waals surface area contributed by atoms with Gasteiger partial charge in [0, 0.05) is 31.0 Å². The number of halogens is 1. The highest BCUT2D eigenvalue weighted by Crippen LogP contribution is 2.43. The number of aliphatic hydroxyl groups excluding tert-OH is 1. The first-order valence-corrected chi connectivity index (χ1v) is 11.9. The van der Waals surface area contributed by atoms with Gasteiger partial charge < -0.3 is 10.0 Å². The largest absolute Gasteiger partial charge is 0.507 e. The van der Waals surface area contributed by atoms with Gasteiger partial charge in [-0.15, -0.1) is 0 Å². The van der Waals surface area contributed by atoms with Gasteiger partial charge in [-0.3, -0.25) is 14.5 Å². The minimum Gasteiger partial charge on any atom is -0.507 e. The molecule has 1 unspecified atom stereocenters. The summed E-state index contributed by atoms with van der Waals surface area (Å²) in [6, 6.07) is 18.4. The van der Waals surface area contributed by atoms with Gasteiger partial charge in [-0.25, -0.2) is 4.39 Å². The highest BCUT2D eigenvalue weighted by atomic mass is 19.1. The van der Waals surface area contributed by atoms with Crippen molar-refractivity contribution < 1.29 is 19.1 Å². The molecule has 1 amide bonds. The number of Topliss-reactive ketones (excluding diaryl/α,β-unsaturated/α-hetero) is 1. The maximum Gasteiger partial charge on any atom is 0.300 e. The first-order chi connectivity index (χ1) is 16.9. The number of carbonyl (C=O) groups is 2. The first-order valence-electron chi connectivity index (χ1n) is 11.9. The third-order valence-electron chi connectivity index (χ3n) is 6.61. The van der Waals surface area contributed by atoms with Gasteiger partial charge in [0.25, 0.3) is 11.7 Å². The van der Waals surface area contributed by atoms with Crippen LogP contribution in [0.15, 0.2) is 72.3 Å². The fourth-order valence-electron chi connectivity index (χ4n) is 4.44. The second kappa shape index (κ2) is 9.26. The fourth-order valence-corrected chi connectivity index (χ4v) is 4.44. The number of nitrogens with zero attached hydrogens (tertiary/aromatic N) is 2. The van der Waals surface area contributed by atoms with E-state index in [1.54, 1.807) is 19.1 Å². The van der Waals surface area contributed by atoms with E-state index in [1.807, 2.05) is 55.4 Å². The molecule has 1 aliphatic rings. The molecule has 1 saturated heterocycles. The van der Waals surface area contributed by atoms with Gasteiger partial charge in [0.05, 0.1) is 11.6 Å². The van der Waals surface area contributed by atoms with Crippen LogP contribution in [0.25, 0.3) is 5.76 Å². The number of hydrogen-bond acceptors (Lipinski definition) is 4. The number of anilines is 2. The molecule has 0 saturated carbocycles. The van der Waals surface area contributed by atoms with Crippen molar-refractivity contribution in [3.63, 3.8) is 0 Å². The SMILES string of the molecule is Cc1cc(/C(O)=C2/C(=O)C(=O)N(c3ccc(N(C)C)cc3)C2c2ccc(C(C)(C)C)cc2)ccc1F. The number of rotatable bonds is 4. The lowest BCUT2D eigenvalue weighted by Crippen LogP contribution is -2.29. The zero-order valence-corrected chi connectivity index (χ0v) is 21.5. The van der Waals surface area contributed by atoms with Gasteiger partial charge in [-0.05, 0) is 71.5 Å². The predicted octanol–water partition coefficient (Wildman–Crippen LogP) is 6.12. The summed E-state index contributed by atoms with van der Waals surface area (Å²) in [7, 11) is 3.84. The van der Waals surface area contributed by atoms with E-state index in [4.69, 9.17) is 0 Å². The molecule has 0 spiro atoms. The molecule has 1 aliphatic heterocycles. The molecule has 1 atom stereocenters. The summed E-state index contributed by atoms with van der Waals surface area (Å²) in [6.07, 6.45) is 0. The molecule has 0 radical (unpaired) electrons. The Bertz CT molecular complexity index is 1350. The molecule has 186 valence electrons. The fraction of sp³-hybridized carbons (Fsp3) is 0.267. The van der Waals surface area contributed by atoms with Gasteiger partial charge in [0.1, 0.15) is 11.6 Å².